The zero-order valence-electron chi connectivity index (χ0n) is 8.68. The van der Waals surface area contributed by atoms with E-state index in [1.165, 1.54) is 0 Å². The van der Waals surface area contributed by atoms with Crippen molar-refractivity contribution in [1.82, 2.24) is 9.97 Å². The number of aliphatic hydroxyl groups excluding tert-OH is 1. The summed E-state index contributed by atoms with van der Waals surface area (Å²) in [6, 6.07) is 1.60. The van der Waals surface area contributed by atoms with Gasteiger partial charge in [0.1, 0.15) is 5.82 Å². The molecule has 1 heterocycles. The van der Waals surface area contributed by atoms with Gasteiger partial charge in [0.25, 0.3) is 0 Å². The monoisotopic (exact) mass is 212 g/mol. The van der Waals surface area contributed by atoms with Gasteiger partial charge in [-0.2, -0.15) is 4.98 Å². The van der Waals surface area contributed by atoms with Crippen LogP contribution in [0.4, 0.5) is 11.8 Å². The summed E-state index contributed by atoms with van der Waals surface area (Å²) in [6.07, 6.45) is 2.15. The number of methoxy groups -OCH3 is 1. The molecule has 0 saturated carbocycles. The van der Waals surface area contributed by atoms with Crippen molar-refractivity contribution in [3.8, 4) is 0 Å². The summed E-state index contributed by atoms with van der Waals surface area (Å²) in [6.45, 7) is 0.571. The normalized spacial score (nSPS) is 12.4. The largest absolute Gasteiger partial charge is 0.396 e. The highest BCUT2D eigenvalue weighted by atomic mass is 16.5. The Morgan fingerprint density at radius 3 is 3.07 bits per heavy atom. The first-order valence-electron chi connectivity index (χ1n) is 4.71. The highest BCUT2D eigenvalue weighted by molar-refractivity contribution is 5.35. The molecule has 1 aromatic rings. The Morgan fingerprint density at radius 1 is 1.67 bits per heavy atom. The van der Waals surface area contributed by atoms with E-state index in [2.05, 4.69) is 15.3 Å². The second-order valence-electron chi connectivity index (χ2n) is 3.11. The zero-order chi connectivity index (χ0) is 11.1. The molecule has 0 saturated heterocycles. The first-order chi connectivity index (χ1) is 7.26. The van der Waals surface area contributed by atoms with E-state index in [0.29, 0.717) is 24.8 Å². The van der Waals surface area contributed by atoms with Gasteiger partial charge in [-0.3, -0.25) is 0 Å². The van der Waals surface area contributed by atoms with Gasteiger partial charge in [0.15, 0.2) is 0 Å². The standard InChI is InChI=1S/C9H16N4O2/c1-15-6-7(3-5-14)12-9-11-4-2-8(10)13-9/h2,4,7,14H,3,5-6H2,1H3,(H3,10,11,12,13). The lowest BCUT2D eigenvalue weighted by Crippen LogP contribution is -2.27. The minimum Gasteiger partial charge on any atom is -0.396 e. The van der Waals surface area contributed by atoms with E-state index < -0.39 is 0 Å². The number of rotatable bonds is 6. The van der Waals surface area contributed by atoms with E-state index in [9.17, 15) is 0 Å². The molecular formula is C9H16N4O2. The van der Waals surface area contributed by atoms with Crippen molar-refractivity contribution in [2.75, 3.05) is 31.4 Å². The summed E-state index contributed by atoms with van der Waals surface area (Å²) in [7, 11) is 1.60. The SMILES string of the molecule is COCC(CCO)Nc1nccc(N)n1. The number of aliphatic hydroxyl groups is 1. The first-order valence-corrected chi connectivity index (χ1v) is 4.71. The molecule has 0 radical (unpaired) electrons. The third kappa shape index (κ3) is 4.09. The third-order valence-corrected chi connectivity index (χ3v) is 1.86. The third-order valence-electron chi connectivity index (χ3n) is 1.86. The topological polar surface area (TPSA) is 93.3 Å². The van der Waals surface area contributed by atoms with Crippen LogP contribution >= 0.6 is 0 Å². The Morgan fingerprint density at radius 2 is 2.47 bits per heavy atom. The van der Waals surface area contributed by atoms with Gasteiger partial charge in [-0.25, -0.2) is 4.98 Å². The lowest BCUT2D eigenvalue weighted by Gasteiger charge is -2.16. The van der Waals surface area contributed by atoms with E-state index >= 15 is 0 Å². The van der Waals surface area contributed by atoms with Crippen LogP contribution in [0.3, 0.4) is 0 Å². The van der Waals surface area contributed by atoms with Crippen molar-refractivity contribution in [2.45, 2.75) is 12.5 Å². The second-order valence-corrected chi connectivity index (χ2v) is 3.11. The van der Waals surface area contributed by atoms with Gasteiger partial charge in [-0.05, 0) is 12.5 Å². The molecule has 15 heavy (non-hydrogen) atoms. The van der Waals surface area contributed by atoms with Crippen LogP contribution in [0.5, 0.6) is 0 Å². The number of aromatic nitrogens is 2. The van der Waals surface area contributed by atoms with Gasteiger partial charge in [-0.1, -0.05) is 0 Å². The minimum atomic E-state index is -0.0122. The van der Waals surface area contributed by atoms with Crippen LogP contribution in [0.2, 0.25) is 0 Å². The molecule has 0 fully saturated rings. The Hall–Kier alpha value is -1.40. The number of ether oxygens (including phenoxy) is 1. The minimum absolute atomic E-state index is 0.0122. The van der Waals surface area contributed by atoms with Gasteiger partial charge in [-0.15, -0.1) is 0 Å². The molecule has 0 amide bonds. The van der Waals surface area contributed by atoms with Crippen LogP contribution in [-0.2, 0) is 4.74 Å². The average molecular weight is 212 g/mol. The highest BCUT2D eigenvalue weighted by Crippen LogP contribution is 2.05. The van der Waals surface area contributed by atoms with Crippen molar-refractivity contribution >= 4 is 11.8 Å². The maximum atomic E-state index is 8.83. The molecular weight excluding hydrogens is 196 g/mol. The van der Waals surface area contributed by atoms with Gasteiger partial charge >= 0.3 is 0 Å². The van der Waals surface area contributed by atoms with Crippen molar-refractivity contribution < 1.29 is 9.84 Å². The first kappa shape index (κ1) is 11.7. The molecule has 4 N–H and O–H groups in total. The zero-order valence-corrected chi connectivity index (χ0v) is 8.68. The highest BCUT2D eigenvalue weighted by Gasteiger charge is 2.08. The molecule has 6 nitrogen and oxygen atoms in total. The molecule has 0 spiro atoms. The van der Waals surface area contributed by atoms with Crippen molar-refractivity contribution in [3.63, 3.8) is 0 Å². The van der Waals surface area contributed by atoms with Crippen molar-refractivity contribution in [2.24, 2.45) is 0 Å². The van der Waals surface area contributed by atoms with Crippen molar-refractivity contribution in [1.29, 1.82) is 0 Å². The summed E-state index contributed by atoms with van der Waals surface area (Å²) in [5.41, 5.74) is 5.51. The molecule has 1 rings (SSSR count). The van der Waals surface area contributed by atoms with E-state index in [4.69, 9.17) is 15.6 Å². The van der Waals surface area contributed by atoms with E-state index in [-0.39, 0.29) is 12.6 Å². The Balaban J connectivity index is 2.56. The summed E-state index contributed by atoms with van der Waals surface area (Å²) in [5, 5.41) is 11.9. The molecule has 1 atom stereocenters. The summed E-state index contributed by atoms with van der Waals surface area (Å²) in [5.74, 6) is 0.859. The van der Waals surface area contributed by atoms with Crippen LogP contribution in [0.15, 0.2) is 12.3 Å². The molecule has 1 aromatic heterocycles. The van der Waals surface area contributed by atoms with Crippen LogP contribution in [-0.4, -0.2) is 41.4 Å². The number of nitrogens with one attached hydrogen (secondary N) is 1. The maximum Gasteiger partial charge on any atom is 0.224 e. The van der Waals surface area contributed by atoms with Gasteiger partial charge < -0.3 is 20.9 Å². The maximum absolute atomic E-state index is 8.83. The molecule has 6 heteroatoms. The van der Waals surface area contributed by atoms with E-state index in [1.807, 2.05) is 0 Å². The molecule has 0 aliphatic rings. The van der Waals surface area contributed by atoms with Crippen molar-refractivity contribution in [3.05, 3.63) is 12.3 Å². The lowest BCUT2D eigenvalue weighted by atomic mass is 10.2. The number of hydrogen-bond acceptors (Lipinski definition) is 6. The second kappa shape index (κ2) is 6.15. The Kier molecular flexibility index (Phi) is 4.79. The molecule has 1 unspecified atom stereocenters. The molecule has 0 aliphatic heterocycles. The number of nitrogens with two attached hydrogens (primary N) is 1. The Bertz CT molecular complexity index is 289. The summed E-state index contributed by atoms with van der Waals surface area (Å²) in [4.78, 5) is 8.00. The van der Waals surface area contributed by atoms with Gasteiger partial charge in [0, 0.05) is 19.9 Å². The fraction of sp³-hybridized carbons (Fsp3) is 0.556. The fourth-order valence-corrected chi connectivity index (χ4v) is 1.18. The predicted octanol–water partition coefficient (Wildman–Crippen LogP) is -0.132. The van der Waals surface area contributed by atoms with Crippen LogP contribution in [0.1, 0.15) is 6.42 Å². The number of nitrogens with zero attached hydrogens (tertiary/aromatic N) is 2. The quantitative estimate of drug-likeness (QED) is 0.608. The van der Waals surface area contributed by atoms with Crippen LogP contribution < -0.4 is 11.1 Å². The fourth-order valence-electron chi connectivity index (χ4n) is 1.18. The molecule has 0 bridgehead atoms. The molecule has 0 aliphatic carbocycles. The van der Waals surface area contributed by atoms with Gasteiger partial charge in [0.05, 0.1) is 12.6 Å². The number of nitrogen functional groups attached to an aromatic ring is 1. The average Bonchev–Trinajstić information content (AvgIpc) is 2.18. The van der Waals surface area contributed by atoms with Gasteiger partial charge in [0.2, 0.25) is 5.95 Å². The molecule has 0 aromatic carbocycles. The van der Waals surface area contributed by atoms with E-state index in [0.717, 1.165) is 0 Å². The lowest BCUT2D eigenvalue weighted by molar-refractivity contribution is 0.170. The summed E-state index contributed by atoms with van der Waals surface area (Å²) < 4.78 is 5.00. The number of hydrogen-bond donors (Lipinski definition) is 3. The predicted molar refractivity (Wildman–Crippen MR) is 57.4 cm³/mol. The van der Waals surface area contributed by atoms with Crippen LogP contribution in [0.25, 0.3) is 0 Å². The Labute approximate surface area is 88.5 Å². The smallest absolute Gasteiger partial charge is 0.224 e. The molecule has 84 valence electrons. The van der Waals surface area contributed by atoms with E-state index in [1.54, 1.807) is 19.4 Å². The van der Waals surface area contributed by atoms with Crippen LogP contribution in [0, 0.1) is 0 Å². The summed E-state index contributed by atoms with van der Waals surface area (Å²) >= 11 is 0. The number of anilines is 2.